The molecule has 0 radical (unpaired) electrons. The topological polar surface area (TPSA) is 42.1 Å². The molecule has 2 rings (SSSR count). The third-order valence-electron chi connectivity index (χ3n) is 3.45. The van der Waals surface area contributed by atoms with Crippen LogP contribution in [0.25, 0.3) is 0 Å². The minimum absolute atomic E-state index is 0.119. The molecule has 0 amide bonds. The van der Waals surface area contributed by atoms with Gasteiger partial charge in [-0.1, -0.05) is 29.8 Å². The van der Waals surface area contributed by atoms with Crippen molar-refractivity contribution in [2.45, 2.75) is 19.5 Å². The molecule has 21 heavy (non-hydrogen) atoms. The van der Waals surface area contributed by atoms with Crippen molar-refractivity contribution >= 4 is 11.6 Å². The van der Waals surface area contributed by atoms with E-state index in [1.807, 2.05) is 37.1 Å². The summed E-state index contributed by atoms with van der Waals surface area (Å²) >= 11 is 5.85. The van der Waals surface area contributed by atoms with Crippen LogP contribution in [0.5, 0.6) is 0 Å². The lowest BCUT2D eigenvalue weighted by atomic mass is 10.0. The average Bonchev–Trinajstić information content (AvgIpc) is 2.44. The fourth-order valence-corrected chi connectivity index (χ4v) is 2.56. The normalized spacial score (nSPS) is 12.7. The molecule has 2 N–H and O–H groups in total. The number of rotatable bonds is 5. The second kappa shape index (κ2) is 6.98. The number of halogens is 2. The molecule has 0 aliphatic heterocycles. The summed E-state index contributed by atoms with van der Waals surface area (Å²) in [7, 11) is 1.90. The van der Waals surface area contributed by atoms with Gasteiger partial charge >= 0.3 is 0 Å². The average molecular weight is 308 g/mol. The van der Waals surface area contributed by atoms with E-state index in [9.17, 15) is 4.39 Å². The Labute approximate surface area is 129 Å². The molecule has 1 aromatic heterocycles. The second-order valence-corrected chi connectivity index (χ2v) is 5.49. The summed E-state index contributed by atoms with van der Waals surface area (Å²) in [5.41, 5.74) is 8.24. The van der Waals surface area contributed by atoms with E-state index < -0.39 is 5.82 Å². The highest BCUT2D eigenvalue weighted by Crippen LogP contribution is 2.26. The van der Waals surface area contributed by atoms with E-state index in [0.29, 0.717) is 18.7 Å². The van der Waals surface area contributed by atoms with Crippen molar-refractivity contribution in [1.29, 1.82) is 0 Å². The summed E-state index contributed by atoms with van der Waals surface area (Å²) in [6.07, 6.45) is 0. The maximum absolute atomic E-state index is 14.2. The predicted molar refractivity (Wildman–Crippen MR) is 83.6 cm³/mol. The van der Waals surface area contributed by atoms with Crippen LogP contribution < -0.4 is 5.73 Å². The van der Waals surface area contributed by atoms with Gasteiger partial charge in [0.25, 0.3) is 0 Å². The molecule has 1 atom stereocenters. The van der Waals surface area contributed by atoms with Crippen LogP contribution in [0, 0.1) is 12.7 Å². The van der Waals surface area contributed by atoms with Crippen LogP contribution in [0.2, 0.25) is 5.02 Å². The van der Waals surface area contributed by atoms with E-state index >= 15 is 0 Å². The van der Waals surface area contributed by atoms with Crippen molar-refractivity contribution in [1.82, 2.24) is 9.88 Å². The van der Waals surface area contributed by atoms with Crippen molar-refractivity contribution in [3.63, 3.8) is 0 Å². The summed E-state index contributed by atoms with van der Waals surface area (Å²) < 4.78 is 14.2. The van der Waals surface area contributed by atoms with Gasteiger partial charge in [0.1, 0.15) is 5.82 Å². The maximum Gasteiger partial charge on any atom is 0.146 e. The van der Waals surface area contributed by atoms with Crippen molar-refractivity contribution in [2.75, 3.05) is 13.6 Å². The first-order valence-electron chi connectivity index (χ1n) is 6.79. The first-order chi connectivity index (χ1) is 10.0. The smallest absolute Gasteiger partial charge is 0.146 e. The SMILES string of the molecule is Cc1cccc(CN(C)C(CN)c2cccc(Cl)c2F)n1. The molecular formula is C16H19ClFN3. The number of hydrogen-bond acceptors (Lipinski definition) is 3. The van der Waals surface area contributed by atoms with Crippen molar-refractivity contribution in [2.24, 2.45) is 5.73 Å². The van der Waals surface area contributed by atoms with Gasteiger partial charge in [0.2, 0.25) is 0 Å². The van der Waals surface area contributed by atoms with Gasteiger partial charge < -0.3 is 5.73 Å². The highest BCUT2D eigenvalue weighted by Gasteiger charge is 2.20. The molecule has 0 saturated heterocycles. The number of nitrogens with zero attached hydrogens (tertiary/aromatic N) is 2. The van der Waals surface area contributed by atoms with Gasteiger partial charge in [-0.25, -0.2) is 4.39 Å². The summed E-state index contributed by atoms with van der Waals surface area (Å²) in [6.45, 7) is 2.84. The maximum atomic E-state index is 14.2. The molecule has 1 unspecified atom stereocenters. The van der Waals surface area contributed by atoms with Crippen LogP contribution in [-0.4, -0.2) is 23.5 Å². The number of nitrogens with two attached hydrogens (primary N) is 1. The van der Waals surface area contributed by atoms with Gasteiger partial charge in [-0.05, 0) is 32.2 Å². The Hall–Kier alpha value is -1.49. The van der Waals surface area contributed by atoms with Gasteiger partial charge in [-0.15, -0.1) is 0 Å². The van der Waals surface area contributed by atoms with Crippen molar-refractivity contribution in [3.8, 4) is 0 Å². The van der Waals surface area contributed by atoms with Gasteiger partial charge in [-0.2, -0.15) is 0 Å². The lowest BCUT2D eigenvalue weighted by Gasteiger charge is -2.27. The summed E-state index contributed by atoms with van der Waals surface area (Å²) in [4.78, 5) is 6.44. The molecule has 5 heteroatoms. The van der Waals surface area contributed by atoms with E-state index in [1.54, 1.807) is 12.1 Å². The van der Waals surface area contributed by atoms with Crippen LogP contribution in [-0.2, 0) is 6.54 Å². The minimum Gasteiger partial charge on any atom is -0.329 e. The van der Waals surface area contributed by atoms with Crippen LogP contribution in [0.4, 0.5) is 4.39 Å². The molecule has 0 aliphatic rings. The monoisotopic (exact) mass is 307 g/mol. The molecule has 0 aliphatic carbocycles. The van der Waals surface area contributed by atoms with E-state index in [2.05, 4.69) is 4.98 Å². The van der Waals surface area contributed by atoms with Crippen LogP contribution in [0.1, 0.15) is 23.0 Å². The Morgan fingerprint density at radius 1 is 1.29 bits per heavy atom. The summed E-state index contributed by atoms with van der Waals surface area (Å²) in [5.74, 6) is -0.404. The van der Waals surface area contributed by atoms with Gasteiger partial charge in [0.15, 0.2) is 0 Å². The molecule has 0 fully saturated rings. The fourth-order valence-electron chi connectivity index (χ4n) is 2.38. The zero-order valence-electron chi connectivity index (χ0n) is 12.2. The number of aryl methyl sites for hydroxylation is 1. The minimum atomic E-state index is -0.404. The number of pyridine rings is 1. The Morgan fingerprint density at radius 2 is 2.00 bits per heavy atom. The second-order valence-electron chi connectivity index (χ2n) is 5.08. The van der Waals surface area contributed by atoms with Gasteiger partial charge in [0.05, 0.1) is 16.8 Å². The van der Waals surface area contributed by atoms with Crippen LogP contribution in [0.15, 0.2) is 36.4 Å². The Bertz CT molecular complexity index is 618. The zero-order chi connectivity index (χ0) is 15.4. The largest absolute Gasteiger partial charge is 0.329 e. The predicted octanol–water partition coefficient (Wildman–Crippen LogP) is 3.31. The number of likely N-dealkylation sites (N-methyl/N-ethyl adjacent to an activating group) is 1. The molecule has 1 heterocycles. The fraction of sp³-hybridized carbons (Fsp3) is 0.312. The molecule has 2 aromatic rings. The van der Waals surface area contributed by atoms with Gasteiger partial charge in [-0.3, -0.25) is 9.88 Å². The highest BCUT2D eigenvalue weighted by atomic mass is 35.5. The quantitative estimate of drug-likeness (QED) is 0.921. The van der Waals surface area contributed by atoms with E-state index in [4.69, 9.17) is 17.3 Å². The summed E-state index contributed by atoms with van der Waals surface area (Å²) in [6, 6.07) is 10.6. The lowest BCUT2D eigenvalue weighted by molar-refractivity contribution is 0.234. The highest BCUT2D eigenvalue weighted by molar-refractivity contribution is 6.30. The summed E-state index contributed by atoms with van der Waals surface area (Å²) in [5, 5.41) is 0.119. The molecule has 0 bridgehead atoms. The number of benzene rings is 1. The third kappa shape index (κ3) is 3.79. The first kappa shape index (κ1) is 15.9. The van der Waals surface area contributed by atoms with Crippen molar-refractivity contribution < 1.29 is 4.39 Å². The Kier molecular flexibility index (Phi) is 5.28. The third-order valence-corrected chi connectivity index (χ3v) is 3.75. The standard InChI is InChI=1S/C16H19ClFN3/c1-11-5-3-6-12(20-11)10-21(2)15(9-19)13-7-4-8-14(17)16(13)18/h3-8,15H,9-10,19H2,1-2H3. The Balaban J connectivity index is 2.22. The van der Waals surface area contributed by atoms with Crippen LogP contribution in [0.3, 0.4) is 0 Å². The molecule has 0 spiro atoms. The number of hydrogen-bond donors (Lipinski definition) is 1. The first-order valence-corrected chi connectivity index (χ1v) is 7.17. The van der Waals surface area contributed by atoms with E-state index in [-0.39, 0.29) is 11.1 Å². The lowest BCUT2D eigenvalue weighted by Crippen LogP contribution is -2.31. The van der Waals surface area contributed by atoms with Crippen LogP contribution >= 0.6 is 11.6 Å². The van der Waals surface area contributed by atoms with E-state index in [1.165, 1.54) is 6.07 Å². The molecular weight excluding hydrogens is 289 g/mol. The van der Waals surface area contributed by atoms with Gasteiger partial charge in [0, 0.05) is 24.3 Å². The molecule has 112 valence electrons. The Morgan fingerprint density at radius 3 is 2.67 bits per heavy atom. The molecule has 3 nitrogen and oxygen atoms in total. The number of aromatic nitrogens is 1. The van der Waals surface area contributed by atoms with Crippen molar-refractivity contribution in [3.05, 3.63) is 64.2 Å². The molecule has 0 saturated carbocycles. The van der Waals surface area contributed by atoms with E-state index in [0.717, 1.165) is 11.4 Å². The molecule has 1 aromatic carbocycles. The zero-order valence-corrected chi connectivity index (χ0v) is 12.9.